The van der Waals surface area contributed by atoms with Crippen LogP contribution in [0.5, 0.6) is 0 Å². The summed E-state index contributed by atoms with van der Waals surface area (Å²) in [5, 5.41) is 6.84. The molecule has 28 heavy (non-hydrogen) atoms. The van der Waals surface area contributed by atoms with Crippen LogP contribution in [0, 0.1) is 5.92 Å². The summed E-state index contributed by atoms with van der Waals surface area (Å²) in [7, 11) is 0. The largest absolute Gasteiger partial charge is 0.435 e. The average Bonchev–Trinajstić information content (AvgIpc) is 3.06. The maximum atomic E-state index is 13.3. The number of aryl methyl sites for hydroxylation is 1. The number of rotatable bonds is 6. The number of hydrogen-bond acceptors (Lipinski definition) is 2. The molecule has 2 atom stereocenters. The lowest BCUT2D eigenvalue weighted by molar-refractivity contribution is -0.142. The molecule has 0 aliphatic heterocycles. The van der Waals surface area contributed by atoms with Gasteiger partial charge in [0.2, 0.25) is 5.91 Å². The van der Waals surface area contributed by atoms with Gasteiger partial charge in [-0.3, -0.25) is 9.48 Å². The van der Waals surface area contributed by atoms with Crippen LogP contribution in [0.25, 0.3) is 0 Å². The Kier molecular flexibility index (Phi) is 6.10. The van der Waals surface area contributed by atoms with Gasteiger partial charge in [-0.25, -0.2) is 0 Å². The molecule has 1 aromatic heterocycles. The van der Waals surface area contributed by atoms with Crippen LogP contribution in [0.1, 0.15) is 61.7 Å². The minimum atomic E-state index is -4.43. The van der Waals surface area contributed by atoms with Crippen LogP contribution in [-0.4, -0.2) is 15.7 Å². The predicted molar refractivity (Wildman–Crippen MR) is 101 cm³/mol. The zero-order valence-electron chi connectivity index (χ0n) is 16.2. The number of carbonyl (C=O) groups is 1. The lowest BCUT2D eigenvalue weighted by Gasteiger charge is -2.19. The normalized spacial score (nSPS) is 16.3. The Labute approximate surface area is 163 Å². The number of hydrogen-bond donors (Lipinski definition) is 1. The van der Waals surface area contributed by atoms with E-state index in [-0.39, 0.29) is 17.9 Å². The second-order valence-electron chi connectivity index (χ2n) is 7.53. The van der Waals surface area contributed by atoms with E-state index in [1.165, 1.54) is 4.68 Å². The molecule has 4 nitrogen and oxygen atoms in total. The average molecular weight is 393 g/mol. The van der Waals surface area contributed by atoms with Crippen molar-refractivity contribution >= 4 is 5.91 Å². The number of nitrogens with zero attached hydrogens (tertiary/aromatic N) is 2. The van der Waals surface area contributed by atoms with Crippen molar-refractivity contribution in [2.24, 2.45) is 5.92 Å². The molecule has 0 spiro atoms. The third-order valence-electron chi connectivity index (χ3n) is 5.41. The second-order valence-corrected chi connectivity index (χ2v) is 7.53. The maximum absolute atomic E-state index is 13.3. The van der Waals surface area contributed by atoms with Gasteiger partial charge in [0.15, 0.2) is 5.69 Å². The molecule has 1 amide bonds. The van der Waals surface area contributed by atoms with E-state index in [0.717, 1.165) is 18.4 Å². The number of alkyl halides is 3. The van der Waals surface area contributed by atoms with Gasteiger partial charge in [0.25, 0.3) is 0 Å². The third kappa shape index (κ3) is 4.56. The summed E-state index contributed by atoms with van der Waals surface area (Å²) in [6.07, 6.45) is -1.31. The quantitative estimate of drug-likeness (QED) is 0.774. The Balaban J connectivity index is 1.63. The number of nitrogens with one attached hydrogen (secondary N) is 1. The van der Waals surface area contributed by atoms with Crippen molar-refractivity contribution in [1.29, 1.82) is 0 Å². The molecule has 1 aliphatic rings. The van der Waals surface area contributed by atoms with Crippen LogP contribution < -0.4 is 5.32 Å². The number of benzene rings is 1. The molecular weight excluding hydrogens is 367 g/mol. The molecule has 0 saturated heterocycles. The molecule has 152 valence electrons. The highest BCUT2D eigenvalue weighted by atomic mass is 19.4. The van der Waals surface area contributed by atoms with Gasteiger partial charge in [-0.2, -0.15) is 18.3 Å². The van der Waals surface area contributed by atoms with Crippen molar-refractivity contribution in [3.63, 3.8) is 0 Å². The molecule has 1 aliphatic carbocycles. The standard InChI is InChI=1S/C21H26F3N3O/c1-14(20(28)25-15(2)16-8-4-3-5-9-16)12-13-27-18-11-7-6-10-17(18)19(26-27)21(22,23)24/h3-5,8-9,14-15H,6-7,10-13H2,1-2H3,(H,25,28). The van der Waals surface area contributed by atoms with Crippen molar-refractivity contribution < 1.29 is 18.0 Å². The summed E-state index contributed by atoms with van der Waals surface area (Å²) in [5.41, 5.74) is 1.29. The third-order valence-corrected chi connectivity index (χ3v) is 5.41. The molecule has 0 bridgehead atoms. The fourth-order valence-corrected chi connectivity index (χ4v) is 3.71. The SMILES string of the molecule is CC(CCn1nc(C(F)(F)F)c2c1CCCC2)C(=O)NC(C)c1ccccc1. The summed E-state index contributed by atoms with van der Waals surface area (Å²) in [6, 6.07) is 9.53. The molecule has 2 aromatic rings. The van der Waals surface area contributed by atoms with Crippen molar-refractivity contribution in [2.45, 2.75) is 64.7 Å². The molecule has 3 rings (SSSR count). The molecule has 1 heterocycles. The molecule has 1 aromatic carbocycles. The number of fused-ring (bicyclic) bond motifs is 1. The van der Waals surface area contributed by atoms with E-state index in [1.54, 1.807) is 6.92 Å². The first kappa shape index (κ1) is 20.4. The lowest BCUT2D eigenvalue weighted by atomic mass is 9.95. The first-order chi connectivity index (χ1) is 13.3. The molecule has 7 heteroatoms. The van der Waals surface area contributed by atoms with E-state index in [4.69, 9.17) is 0 Å². The van der Waals surface area contributed by atoms with Gasteiger partial charge in [-0.05, 0) is 44.6 Å². The molecule has 0 saturated carbocycles. The van der Waals surface area contributed by atoms with Gasteiger partial charge in [-0.15, -0.1) is 0 Å². The Morgan fingerprint density at radius 1 is 1.18 bits per heavy atom. The molecular formula is C21H26F3N3O. The van der Waals surface area contributed by atoms with Crippen LogP contribution in [0.3, 0.4) is 0 Å². The summed E-state index contributed by atoms with van der Waals surface area (Å²) >= 11 is 0. The van der Waals surface area contributed by atoms with E-state index < -0.39 is 11.9 Å². The van der Waals surface area contributed by atoms with E-state index in [2.05, 4.69) is 10.4 Å². The first-order valence-corrected chi connectivity index (χ1v) is 9.78. The Bertz CT molecular complexity index is 814. The lowest BCUT2D eigenvalue weighted by Crippen LogP contribution is -2.32. The summed E-state index contributed by atoms with van der Waals surface area (Å²) in [4.78, 5) is 12.5. The number of carbonyl (C=O) groups excluding carboxylic acids is 1. The van der Waals surface area contributed by atoms with Gasteiger partial charge in [-0.1, -0.05) is 37.3 Å². The van der Waals surface area contributed by atoms with E-state index >= 15 is 0 Å². The van der Waals surface area contributed by atoms with Gasteiger partial charge in [0.05, 0.1) is 6.04 Å². The molecule has 2 unspecified atom stereocenters. The van der Waals surface area contributed by atoms with E-state index in [9.17, 15) is 18.0 Å². The highest BCUT2D eigenvalue weighted by Gasteiger charge is 2.39. The first-order valence-electron chi connectivity index (χ1n) is 9.78. The van der Waals surface area contributed by atoms with Crippen LogP contribution in [-0.2, 0) is 30.4 Å². The summed E-state index contributed by atoms with van der Waals surface area (Å²) in [6.45, 7) is 4.03. The minimum absolute atomic E-state index is 0.103. The van der Waals surface area contributed by atoms with Gasteiger partial charge >= 0.3 is 6.18 Å². The van der Waals surface area contributed by atoms with E-state index in [0.29, 0.717) is 37.1 Å². The van der Waals surface area contributed by atoms with Crippen LogP contribution in [0.15, 0.2) is 30.3 Å². The number of amides is 1. The molecule has 0 radical (unpaired) electrons. The zero-order valence-corrected chi connectivity index (χ0v) is 16.2. The zero-order chi connectivity index (χ0) is 20.3. The Hall–Kier alpha value is -2.31. The van der Waals surface area contributed by atoms with E-state index in [1.807, 2.05) is 37.3 Å². The fourth-order valence-electron chi connectivity index (χ4n) is 3.71. The second kappa shape index (κ2) is 8.37. The van der Waals surface area contributed by atoms with Crippen molar-refractivity contribution in [1.82, 2.24) is 15.1 Å². The van der Waals surface area contributed by atoms with Crippen LogP contribution in [0.2, 0.25) is 0 Å². The Morgan fingerprint density at radius 2 is 1.86 bits per heavy atom. The Morgan fingerprint density at radius 3 is 2.54 bits per heavy atom. The fraction of sp³-hybridized carbons (Fsp3) is 0.524. The monoisotopic (exact) mass is 393 g/mol. The maximum Gasteiger partial charge on any atom is 0.435 e. The smallest absolute Gasteiger partial charge is 0.349 e. The van der Waals surface area contributed by atoms with Gasteiger partial charge in [0, 0.05) is 23.7 Å². The number of aromatic nitrogens is 2. The van der Waals surface area contributed by atoms with Crippen molar-refractivity contribution in [3.8, 4) is 0 Å². The van der Waals surface area contributed by atoms with Crippen LogP contribution in [0.4, 0.5) is 13.2 Å². The molecule has 0 fully saturated rings. The minimum Gasteiger partial charge on any atom is -0.349 e. The van der Waals surface area contributed by atoms with Gasteiger partial charge in [0.1, 0.15) is 0 Å². The topological polar surface area (TPSA) is 46.9 Å². The highest BCUT2D eigenvalue weighted by molar-refractivity contribution is 5.78. The molecule has 1 N–H and O–H groups in total. The van der Waals surface area contributed by atoms with Gasteiger partial charge < -0.3 is 5.32 Å². The van der Waals surface area contributed by atoms with Crippen molar-refractivity contribution in [3.05, 3.63) is 52.8 Å². The van der Waals surface area contributed by atoms with Crippen molar-refractivity contribution in [2.75, 3.05) is 0 Å². The highest BCUT2D eigenvalue weighted by Crippen LogP contribution is 2.36. The number of halogens is 3. The predicted octanol–water partition coefficient (Wildman–Crippen LogP) is 4.68. The summed E-state index contributed by atoms with van der Waals surface area (Å²) in [5.74, 6) is -0.419. The summed E-state index contributed by atoms with van der Waals surface area (Å²) < 4.78 is 41.3. The van der Waals surface area contributed by atoms with Crippen LogP contribution >= 0.6 is 0 Å².